The molecule has 0 aliphatic rings. The molecule has 0 aliphatic heterocycles. The highest BCUT2D eigenvalue weighted by molar-refractivity contribution is 7.89. The summed E-state index contributed by atoms with van der Waals surface area (Å²) in [5, 5.41) is 7.02. The van der Waals surface area contributed by atoms with Crippen molar-refractivity contribution in [1.82, 2.24) is 19.8 Å². The lowest BCUT2D eigenvalue weighted by molar-refractivity contribution is -0.121. The number of hydrogen-bond donors (Lipinski definition) is 1. The van der Waals surface area contributed by atoms with Crippen molar-refractivity contribution in [3.05, 3.63) is 65.0 Å². The minimum atomic E-state index is -3.76. The topological polar surface area (TPSA) is 105 Å². The summed E-state index contributed by atoms with van der Waals surface area (Å²) in [6.07, 6.45) is 0. The van der Waals surface area contributed by atoms with Crippen LogP contribution in [0.4, 0.5) is 0 Å². The maximum atomic E-state index is 12.5. The predicted molar refractivity (Wildman–Crippen MR) is 108 cm³/mol. The first-order valence-corrected chi connectivity index (χ1v) is 10.5. The van der Waals surface area contributed by atoms with Crippen LogP contribution < -0.4 is 5.32 Å². The van der Waals surface area contributed by atoms with Gasteiger partial charge in [0, 0.05) is 17.6 Å². The smallest absolute Gasteiger partial charge is 0.246 e. The van der Waals surface area contributed by atoms with Gasteiger partial charge >= 0.3 is 0 Å². The first kappa shape index (κ1) is 21.0. The summed E-state index contributed by atoms with van der Waals surface area (Å²) in [4.78, 5) is 16.5. The van der Waals surface area contributed by atoms with E-state index in [1.165, 1.54) is 19.2 Å². The van der Waals surface area contributed by atoms with Gasteiger partial charge in [0.25, 0.3) is 0 Å². The highest BCUT2D eigenvalue weighted by Crippen LogP contribution is 2.18. The van der Waals surface area contributed by atoms with Gasteiger partial charge in [-0.15, -0.1) is 0 Å². The Bertz CT molecular complexity index is 1100. The minimum absolute atomic E-state index is 0.0160. The van der Waals surface area contributed by atoms with Gasteiger partial charge < -0.3 is 9.84 Å². The summed E-state index contributed by atoms with van der Waals surface area (Å²) in [5.41, 5.74) is 1.67. The molecule has 1 heterocycles. The van der Waals surface area contributed by atoms with Gasteiger partial charge in [-0.3, -0.25) is 4.79 Å². The standard InChI is InChI=1S/C19H19ClN4O4S/c1-13-3-9-16(10-4-13)29(26,27)24(2)12-17(25)21-11-18-22-19(23-28-18)14-5-7-15(20)8-6-14/h3-10H,11-12H2,1-2H3,(H,21,25). The fourth-order valence-electron chi connectivity index (χ4n) is 2.45. The number of nitrogens with zero attached hydrogens (tertiary/aromatic N) is 3. The van der Waals surface area contributed by atoms with Crippen LogP contribution in [0.1, 0.15) is 11.5 Å². The third kappa shape index (κ3) is 5.20. The highest BCUT2D eigenvalue weighted by atomic mass is 35.5. The second-order valence-electron chi connectivity index (χ2n) is 6.37. The van der Waals surface area contributed by atoms with Crippen molar-refractivity contribution in [2.45, 2.75) is 18.4 Å². The molecule has 0 radical (unpaired) electrons. The van der Waals surface area contributed by atoms with E-state index >= 15 is 0 Å². The molecule has 29 heavy (non-hydrogen) atoms. The Labute approximate surface area is 173 Å². The Morgan fingerprint density at radius 3 is 2.45 bits per heavy atom. The number of benzene rings is 2. The molecule has 0 saturated heterocycles. The molecule has 3 rings (SSSR count). The summed E-state index contributed by atoms with van der Waals surface area (Å²) in [6, 6.07) is 13.3. The fraction of sp³-hybridized carbons (Fsp3) is 0.211. The Hall–Kier alpha value is -2.75. The quantitative estimate of drug-likeness (QED) is 0.612. The van der Waals surface area contributed by atoms with E-state index in [-0.39, 0.29) is 23.9 Å². The second kappa shape index (κ2) is 8.73. The summed E-state index contributed by atoms with van der Waals surface area (Å²) in [7, 11) is -2.41. The molecule has 1 N–H and O–H groups in total. The molecule has 0 saturated carbocycles. The number of halogens is 1. The van der Waals surface area contributed by atoms with Crippen molar-refractivity contribution in [3.63, 3.8) is 0 Å². The van der Waals surface area contributed by atoms with Crippen LogP contribution in [-0.4, -0.2) is 42.4 Å². The zero-order chi connectivity index (χ0) is 21.0. The van der Waals surface area contributed by atoms with E-state index in [1.807, 2.05) is 6.92 Å². The van der Waals surface area contributed by atoms with E-state index in [4.69, 9.17) is 16.1 Å². The normalized spacial score (nSPS) is 11.6. The molecule has 1 aromatic heterocycles. The fourth-order valence-corrected chi connectivity index (χ4v) is 3.70. The summed E-state index contributed by atoms with van der Waals surface area (Å²) < 4.78 is 31.2. The molecule has 10 heteroatoms. The zero-order valence-electron chi connectivity index (χ0n) is 15.8. The third-order valence-electron chi connectivity index (χ3n) is 4.10. The monoisotopic (exact) mass is 434 g/mol. The highest BCUT2D eigenvalue weighted by Gasteiger charge is 2.23. The number of sulfonamides is 1. The Kier molecular flexibility index (Phi) is 6.31. The van der Waals surface area contributed by atoms with Crippen LogP contribution in [-0.2, 0) is 21.4 Å². The van der Waals surface area contributed by atoms with Crippen molar-refractivity contribution in [3.8, 4) is 11.4 Å². The number of aryl methyl sites for hydroxylation is 1. The van der Waals surface area contributed by atoms with Crippen LogP contribution in [0.15, 0.2) is 57.9 Å². The van der Waals surface area contributed by atoms with Gasteiger partial charge in [0.1, 0.15) is 0 Å². The first-order valence-electron chi connectivity index (χ1n) is 8.64. The van der Waals surface area contributed by atoms with Gasteiger partial charge in [-0.1, -0.05) is 34.5 Å². The molecular formula is C19H19ClN4O4S. The number of rotatable bonds is 7. The number of likely N-dealkylation sites (N-methyl/N-ethyl adjacent to an activating group) is 1. The number of hydrogen-bond acceptors (Lipinski definition) is 6. The lowest BCUT2D eigenvalue weighted by Gasteiger charge is -2.16. The lowest BCUT2D eigenvalue weighted by Crippen LogP contribution is -2.38. The average Bonchev–Trinajstić information content (AvgIpc) is 3.16. The largest absolute Gasteiger partial charge is 0.346 e. The molecule has 0 fully saturated rings. The van der Waals surface area contributed by atoms with E-state index in [0.717, 1.165) is 15.4 Å². The summed E-state index contributed by atoms with van der Waals surface area (Å²) in [6.45, 7) is 1.51. The van der Waals surface area contributed by atoms with Crippen molar-refractivity contribution >= 4 is 27.5 Å². The van der Waals surface area contributed by atoms with Gasteiger partial charge in [0.2, 0.25) is 27.6 Å². The molecule has 0 atom stereocenters. The van der Waals surface area contributed by atoms with E-state index in [2.05, 4.69) is 15.5 Å². The lowest BCUT2D eigenvalue weighted by atomic mass is 10.2. The van der Waals surface area contributed by atoms with E-state index < -0.39 is 15.9 Å². The molecule has 3 aromatic rings. The van der Waals surface area contributed by atoms with Crippen LogP contribution in [0.3, 0.4) is 0 Å². The Morgan fingerprint density at radius 1 is 1.14 bits per heavy atom. The van der Waals surface area contributed by atoms with E-state index in [9.17, 15) is 13.2 Å². The van der Waals surface area contributed by atoms with Crippen LogP contribution in [0.2, 0.25) is 5.02 Å². The van der Waals surface area contributed by atoms with Crippen LogP contribution >= 0.6 is 11.6 Å². The maximum Gasteiger partial charge on any atom is 0.246 e. The Morgan fingerprint density at radius 2 is 1.79 bits per heavy atom. The SMILES string of the molecule is Cc1ccc(S(=O)(=O)N(C)CC(=O)NCc2nc(-c3ccc(Cl)cc3)no2)cc1. The molecule has 0 unspecified atom stereocenters. The average molecular weight is 435 g/mol. The number of carbonyl (C=O) groups is 1. The number of amides is 1. The Balaban J connectivity index is 1.57. The van der Waals surface area contributed by atoms with Gasteiger partial charge in [0.15, 0.2) is 0 Å². The van der Waals surface area contributed by atoms with E-state index in [0.29, 0.717) is 10.8 Å². The molecular weight excluding hydrogens is 416 g/mol. The zero-order valence-corrected chi connectivity index (χ0v) is 17.4. The molecule has 0 aliphatic carbocycles. The van der Waals surface area contributed by atoms with Crippen molar-refractivity contribution in [2.75, 3.05) is 13.6 Å². The molecule has 0 bridgehead atoms. The van der Waals surface area contributed by atoms with Gasteiger partial charge in [-0.2, -0.15) is 9.29 Å². The maximum absolute atomic E-state index is 12.5. The van der Waals surface area contributed by atoms with E-state index in [1.54, 1.807) is 36.4 Å². The second-order valence-corrected chi connectivity index (χ2v) is 8.85. The van der Waals surface area contributed by atoms with Crippen molar-refractivity contribution < 1.29 is 17.7 Å². The third-order valence-corrected chi connectivity index (χ3v) is 6.17. The predicted octanol–water partition coefficient (Wildman–Crippen LogP) is 2.64. The number of nitrogens with one attached hydrogen (secondary N) is 1. The number of carbonyl (C=O) groups excluding carboxylic acids is 1. The van der Waals surface area contributed by atoms with Crippen molar-refractivity contribution in [2.24, 2.45) is 0 Å². The van der Waals surface area contributed by atoms with Crippen LogP contribution in [0.5, 0.6) is 0 Å². The number of aromatic nitrogens is 2. The molecule has 0 spiro atoms. The van der Waals surface area contributed by atoms with Crippen LogP contribution in [0, 0.1) is 6.92 Å². The molecule has 1 amide bonds. The van der Waals surface area contributed by atoms with Gasteiger partial charge in [-0.05, 0) is 43.3 Å². The van der Waals surface area contributed by atoms with Crippen molar-refractivity contribution in [1.29, 1.82) is 0 Å². The van der Waals surface area contributed by atoms with Crippen LogP contribution in [0.25, 0.3) is 11.4 Å². The minimum Gasteiger partial charge on any atom is -0.346 e. The summed E-state index contributed by atoms with van der Waals surface area (Å²) in [5.74, 6) is 0.0757. The van der Waals surface area contributed by atoms with Gasteiger partial charge in [-0.25, -0.2) is 8.42 Å². The molecule has 8 nitrogen and oxygen atoms in total. The first-order chi connectivity index (χ1) is 13.8. The summed E-state index contributed by atoms with van der Waals surface area (Å²) >= 11 is 5.85. The van der Waals surface area contributed by atoms with Gasteiger partial charge in [0.05, 0.1) is 18.0 Å². The molecule has 152 valence electrons. The molecule has 2 aromatic carbocycles.